The number of methoxy groups -OCH3 is 2. The molecule has 1 unspecified atom stereocenters. The van der Waals surface area contributed by atoms with Gasteiger partial charge in [0.2, 0.25) is 5.91 Å². The van der Waals surface area contributed by atoms with E-state index in [1.54, 1.807) is 75.7 Å². The molecule has 0 bridgehead atoms. The summed E-state index contributed by atoms with van der Waals surface area (Å²) in [4.78, 5) is 34.0. The number of carbonyl (C=O) groups excluding carboxylic acids is 2. The Morgan fingerprint density at radius 1 is 0.958 bits per heavy atom. The number of nitrogens with one attached hydrogen (secondary N) is 2. The number of cyclic esters (lactones) is 1. The zero-order valence-electron chi connectivity index (χ0n) is 44.3. The molecule has 2 aromatic rings. The minimum atomic E-state index is -1.95. The van der Waals surface area contributed by atoms with Gasteiger partial charge < -0.3 is 69.6 Å². The Balaban J connectivity index is 1.41. The minimum absolute atomic E-state index is 0.0838. The molecular weight excluding hydrogens is 1050 g/mol. The maximum atomic E-state index is 14.5. The molecule has 0 aliphatic carbocycles. The van der Waals surface area contributed by atoms with Gasteiger partial charge in [-0.3, -0.25) is 14.6 Å². The summed E-state index contributed by atoms with van der Waals surface area (Å²) in [5, 5.41) is 69.9. The summed E-state index contributed by atoms with van der Waals surface area (Å²) >= 11 is 1.80. The first kappa shape index (κ1) is 60.1. The number of aliphatic hydroxyl groups is 5. The average molecular weight is 1130 g/mol. The Bertz CT molecular complexity index is 2110. The fourth-order valence-corrected chi connectivity index (χ4v) is 11.8. The fraction of sp³-hybridized carbons (Fsp3) is 0.736. The zero-order chi connectivity index (χ0) is 53.8. The largest absolute Gasteiger partial charge is 0.448 e. The van der Waals surface area contributed by atoms with Crippen LogP contribution in [0.5, 0.6) is 0 Å². The Morgan fingerprint density at radius 2 is 1.58 bits per heavy atom. The van der Waals surface area contributed by atoms with Gasteiger partial charge in [0.15, 0.2) is 10.4 Å². The van der Waals surface area contributed by atoms with E-state index in [9.17, 15) is 44.9 Å². The van der Waals surface area contributed by atoms with Crippen LogP contribution in [0.1, 0.15) is 105 Å². The number of likely N-dealkylation sites (N-methyl/N-ethyl adjacent to an activating group) is 1. The van der Waals surface area contributed by atoms with E-state index in [0.29, 0.717) is 12.0 Å². The Morgan fingerprint density at radius 3 is 2.17 bits per heavy atom. The maximum Gasteiger partial charge on any atom is 0.310 e. The fourth-order valence-electron chi connectivity index (χ4n) is 11.2. The van der Waals surface area contributed by atoms with Gasteiger partial charge in [-0.25, -0.2) is 4.39 Å². The van der Waals surface area contributed by atoms with Gasteiger partial charge in [-0.05, 0) is 113 Å². The molecule has 3 aliphatic rings. The van der Waals surface area contributed by atoms with E-state index in [-0.39, 0.29) is 31.5 Å². The van der Waals surface area contributed by atoms with E-state index in [1.165, 1.54) is 21.1 Å². The molecule has 4 heterocycles. The molecule has 0 radical (unpaired) electrons. The monoisotopic (exact) mass is 1130 g/mol. The number of alkyl halides is 2. The number of benzene rings is 1. The van der Waals surface area contributed by atoms with Crippen molar-refractivity contribution in [1.29, 1.82) is 5.41 Å². The highest BCUT2D eigenvalue weighted by molar-refractivity contribution is 14.1. The van der Waals surface area contributed by atoms with Crippen LogP contribution in [-0.2, 0) is 38.0 Å². The molecule has 5 rings (SSSR count). The van der Waals surface area contributed by atoms with E-state index in [1.807, 2.05) is 63.8 Å². The molecule has 1 aromatic carbocycles. The topological polar surface area (TPSA) is 243 Å². The highest BCUT2D eigenvalue weighted by Gasteiger charge is 2.56. The van der Waals surface area contributed by atoms with Gasteiger partial charge in [0.1, 0.15) is 30.6 Å². The van der Waals surface area contributed by atoms with Crippen LogP contribution in [0, 0.1) is 41.9 Å². The molecule has 20 atom stereocenters. The van der Waals surface area contributed by atoms with Crippen LogP contribution >= 0.6 is 22.6 Å². The number of esters is 1. The van der Waals surface area contributed by atoms with E-state index in [0.717, 1.165) is 16.8 Å². The summed E-state index contributed by atoms with van der Waals surface area (Å²) in [6.45, 7) is 16.7. The first-order valence-electron chi connectivity index (χ1n) is 25.2. The van der Waals surface area contributed by atoms with Crippen molar-refractivity contribution in [3.63, 3.8) is 0 Å². The Kier molecular flexibility index (Phi) is 20.8. The number of nitrogens with zero attached hydrogens (tertiary/aromatic N) is 2. The Hall–Kier alpha value is -2.80. The highest BCUT2D eigenvalue weighted by Crippen LogP contribution is 2.46. The van der Waals surface area contributed by atoms with Gasteiger partial charge >= 0.3 is 5.97 Å². The normalized spacial score (nSPS) is 39.4. The van der Waals surface area contributed by atoms with Crippen LogP contribution in [0.2, 0.25) is 0 Å². The van der Waals surface area contributed by atoms with Crippen molar-refractivity contribution < 1.29 is 67.9 Å². The van der Waals surface area contributed by atoms with Gasteiger partial charge in [0, 0.05) is 74.6 Å². The lowest BCUT2D eigenvalue weighted by Crippen LogP contribution is -2.62. The van der Waals surface area contributed by atoms with Gasteiger partial charge in [0.05, 0.1) is 53.7 Å². The van der Waals surface area contributed by atoms with Crippen molar-refractivity contribution in [2.45, 2.75) is 183 Å². The summed E-state index contributed by atoms with van der Waals surface area (Å²) in [5.41, 5.74) is -1.11. The third-order valence-corrected chi connectivity index (χ3v) is 17.6. The molecule has 406 valence electrons. The van der Waals surface area contributed by atoms with Crippen molar-refractivity contribution in [2.24, 2.45) is 29.6 Å². The second-order valence-electron chi connectivity index (χ2n) is 21.5. The van der Waals surface area contributed by atoms with Gasteiger partial charge in [0.25, 0.3) is 0 Å². The number of aromatic nitrogens is 1. The quantitative estimate of drug-likeness (QED) is 0.0706. The van der Waals surface area contributed by atoms with E-state index < -0.39 is 136 Å². The van der Waals surface area contributed by atoms with Crippen LogP contribution < -0.4 is 5.32 Å². The third kappa shape index (κ3) is 13.4. The van der Waals surface area contributed by atoms with Crippen molar-refractivity contribution in [3.05, 3.63) is 53.9 Å². The van der Waals surface area contributed by atoms with E-state index in [2.05, 4.69) is 10.3 Å². The molecule has 19 heteroatoms. The smallest absolute Gasteiger partial charge is 0.310 e. The summed E-state index contributed by atoms with van der Waals surface area (Å²) in [5.74, 6) is -5.01. The van der Waals surface area contributed by atoms with Crippen molar-refractivity contribution in [1.82, 2.24) is 15.2 Å². The summed E-state index contributed by atoms with van der Waals surface area (Å²) < 4.78 is 51.6. The number of hydrogen-bond donors (Lipinski definition) is 7. The minimum Gasteiger partial charge on any atom is -0.448 e. The second-order valence-corrected chi connectivity index (χ2v) is 22.7. The molecule has 3 aliphatic heterocycles. The molecular formula is C53H82FIN4O13. The number of halogens is 2. The van der Waals surface area contributed by atoms with E-state index >= 15 is 0 Å². The number of aliphatic hydroxyl groups excluding tert-OH is 4. The number of hydrogen-bond acceptors (Lipinski definition) is 16. The number of aryl methyl sites for hydroxylation is 1. The predicted molar refractivity (Wildman–Crippen MR) is 277 cm³/mol. The predicted octanol–water partition coefficient (Wildman–Crippen LogP) is 5.46. The lowest BCUT2D eigenvalue weighted by Gasteiger charge is -2.52. The average Bonchev–Trinajstić information content (AvgIpc) is 3.35. The molecule has 3 fully saturated rings. The first-order chi connectivity index (χ1) is 33.6. The molecule has 0 spiro atoms. The number of amides is 1. The van der Waals surface area contributed by atoms with Crippen LogP contribution in [0.15, 0.2) is 42.6 Å². The molecule has 0 saturated carbocycles. The number of rotatable bonds is 14. The molecule has 72 heavy (non-hydrogen) atoms. The van der Waals surface area contributed by atoms with Gasteiger partial charge in [-0.2, -0.15) is 0 Å². The van der Waals surface area contributed by atoms with Crippen molar-refractivity contribution >= 4 is 40.2 Å². The first-order valence-corrected chi connectivity index (χ1v) is 26.4. The van der Waals surface area contributed by atoms with Crippen LogP contribution in [-0.4, -0.2) is 170 Å². The standard InChI is InChI=1S/C53H82FIN4O13/c1-27-23-52(9,68-13)47(30(4)41(39-24-51(8,67-12)46(64)33(7)70-39)31(5)48(65)72-50(55)53(10,66)45(63)32(6)42(27)56)71-49-44(62)38(22-29(3)69-49)59(11)21-20-40(60)58-37(25-54)43(61)35-18-16-34(17-19-35)36-15-14-28(2)57-26-36/h14-19,26-27,29-33,37-39,41,43-47,49-50,56,61-64,66H,20-25H2,1-13H3,(H,58,60)/t27-,29-,30+,31-,32+,33+,37-,38+,39-,41?,43-,44-,45-,46+,47-,49+,50+,51-,52-,53+/m1/s1. The van der Waals surface area contributed by atoms with Crippen LogP contribution in [0.4, 0.5) is 4.39 Å². The highest BCUT2D eigenvalue weighted by atomic mass is 127. The number of pyridine rings is 1. The van der Waals surface area contributed by atoms with Crippen LogP contribution in [0.25, 0.3) is 11.1 Å². The van der Waals surface area contributed by atoms with Crippen molar-refractivity contribution in [2.75, 3.05) is 34.5 Å². The summed E-state index contributed by atoms with van der Waals surface area (Å²) in [7, 11) is 4.79. The SMILES string of the molecule is CO[C@]1(C)C[C@@H](C)C(=N)[C@H](C)[C@@H](O)[C@](C)(O)[C@@H](I)OC(=O)[C@H](C)C([C@H]2C[C@@](C)(OC)[C@@H](O)[C@H](C)O2)[C@H](C)[C@H]1O[C@@H]1O[C@H](C)C[C@H](N(C)CCC(=O)N[C@H](CF)[C@H](O)c2ccc(-c3ccc(C)nc3)cc2)[C@H]1O. The molecule has 3 saturated heterocycles. The lowest BCUT2D eigenvalue weighted by molar-refractivity contribution is -0.304. The molecule has 1 aromatic heterocycles. The number of carbonyl (C=O) groups is 2. The van der Waals surface area contributed by atoms with Crippen molar-refractivity contribution in [3.8, 4) is 11.1 Å². The molecule has 17 nitrogen and oxygen atoms in total. The maximum absolute atomic E-state index is 14.5. The summed E-state index contributed by atoms with van der Waals surface area (Å²) in [6.07, 6.45) is -6.98. The second kappa shape index (κ2) is 24.9. The van der Waals surface area contributed by atoms with Crippen LogP contribution in [0.3, 0.4) is 0 Å². The number of ether oxygens (including phenoxy) is 6. The molecule has 1 amide bonds. The van der Waals surface area contributed by atoms with Gasteiger partial charge in [-0.15, -0.1) is 0 Å². The zero-order valence-corrected chi connectivity index (χ0v) is 46.4. The van der Waals surface area contributed by atoms with Gasteiger partial charge in [-0.1, -0.05) is 58.0 Å². The Labute approximate surface area is 438 Å². The summed E-state index contributed by atoms with van der Waals surface area (Å²) in [6, 6.07) is 9.04. The lowest BCUT2D eigenvalue weighted by atomic mass is 9.68. The molecule has 7 N–H and O–H groups in total. The van der Waals surface area contributed by atoms with E-state index in [4.69, 9.17) is 28.4 Å². The third-order valence-electron chi connectivity index (χ3n) is 16.1.